The van der Waals surface area contributed by atoms with Crippen LogP contribution in [0, 0.1) is 17.6 Å². The maximum absolute atomic E-state index is 13.5. The Morgan fingerprint density at radius 2 is 1.81 bits per heavy atom. The van der Waals surface area contributed by atoms with Gasteiger partial charge in [0.1, 0.15) is 11.6 Å². The Morgan fingerprint density at radius 1 is 1.19 bits per heavy atom. The molecule has 0 saturated heterocycles. The summed E-state index contributed by atoms with van der Waals surface area (Å²) in [5, 5.41) is -0.291. The van der Waals surface area contributed by atoms with Crippen LogP contribution < -0.4 is 0 Å². The predicted molar refractivity (Wildman–Crippen MR) is 57.7 cm³/mol. The van der Waals surface area contributed by atoms with Crippen molar-refractivity contribution >= 4 is 17.4 Å². The van der Waals surface area contributed by atoms with Crippen LogP contribution >= 0.6 is 11.6 Å². The summed E-state index contributed by atoms with van der Waals surface area (Å²) in [4.78, 5) is 11.9. The van der Waals surface area contributed by atoms with Crippen molar-refractivity contribution in [3.63, 3.8) is 0 Å². The molecule has 86 valence electrons. The molecule has 1 nitrogen and oxygen atoms in total. The molecule has 0 heterocycles. The molecule has 0 spiro atoms. The van der Waals surface area contributed by atoms with Gasteiger partial charge in [0.25, 0.3) is 0 Å². The van der Waals surface area contributed by atoms with Crippen molar-refractivity contribution in [2.45, 2.75) is 25.7 Å². The molecule has 0 radical (unpaired) electrons. The SMILES string of the molecule is O=C(c1cc(F)c(Cl)cc1F)C1CCCC1. The van der Waals surface area contributed by atoms with Gasteiger partial charge >= 0.3 is 0 Å². The van der Waals surface area contributed by atoms with Gasteiger partial charge in [-0.2, -0.15) is 0 Å². The van der Waals surface area contributed by atoms with Crippen LogP contribution in [0.3, 0.4) is 0 Å². The monoisotopic (exact) mass is 244 g/mol. The van der Waals surface area contributed by atoms with Crippen LogP contribution in [-0.2, 0) is 0 Å². The van der Waals surface area contributed by atoms with Crippen LogP contribution in [0.5, 0.6) is 0 Å². The molecular weight excluding hydrogens is 234 g/mol. The van der Waals surface area contributed by atoms with Gasteiger partial charge in [0.05, 0.1) is 10.6 Å². The van der Waals surface area contributed by atoms with Crippen molar-refractivity contribution < 1.29 is 13.6 Å². The van der Waals surface area contributed by atoms with Gasteiger partial charge in [-0.3, -0.25) is 4.79 Å². The zero-order valence-electron chi connectivity index (χ0n) is 8.60. The minimum Gasteiger partial charge on any atom is -0.294 e. The minimum atomic E-state index is -0.746. The first-order valence-electron chi connectivity index (χ1n) is 5.28. The summed E-state index contributed by atoms with van der Waals surface area (Å²) in [6, 6.07) is 1.76. The summed E-state index contributed by atoms with van der Waals surface area (Å²) < 4.78 is 26.6. The first kappa shape index (κ1) is 11.5. The van der Waals surface area contributed by atoms with E-state index in [1.165, 1.54) is 0 Å². The Labute approximate surface area is 97.4 Å². The second kappa shape index (κ2) is 4.50. The molecule has 2 rings (SSSR count). The molecule has 1 saturated carbocycles. The van der Waals surface area contributed by atoms with E-state index in [2.05, 4.69) is 0 Å². The fourth-order valence-corrected chi connectivity index (χ4v) is 2.27. The predicted octanol–water partition coefficient (Wildman–Crippen LogP) is 3.99. The van der Waals surface area contributed by atoms with Crippen molar-refractivity contribution in [2.24, 2.45) is 5.92 Å². The number of carbonyl (C=O) groups excluding carboxylic acids is 1. The molecule has 0 unspecified atom stereocenters. The van der Waals surface area contributed by atoms with E-state index in [0.717, 1.165) is 37.8 Å². The number of ketones is 1. The second-order valence-electron chi connectivity index (χ2n) is 4.09. The highest BCUT2D eigenvalue weighted by Gasteiger charge is 2.26. The number of hydrogen-bond acceptors (Lipinski definition) is 1. The average Bonchev–Trinajstić information content (AvgIpc) is 2.75. The van der Waals surface area contributed by atoms with E-state index in [0.29, 0.717) is 0 Å². The molecule has 0 bridgehead atoms. The standard InChI is InChI=1S/C12H11ClF2O/c13-9-6-10(14)8(5-11(9)15)12(16)7-3-1-2-4-7/h5-7H,1-4H2. The lowest BCUT2D eigenvalue weighted by molar-refractivity contribution is 0.0918. The molecule has 0 N–H and O–H groups in total. The lowest BCUT2D eigenvalue weighted by Gasteiger charge is -2.09. The average molecular weight is 245 g/mol. The van der Waals surface area contributed by atoms with E-state index in [1.807, 2.05) is 0 Å². The smallest absolute Gasteiger partial charge is 0.168 e. The Hall–Kier alpha value is -0.960. The van der Waals surface area contributed by atoms with Gasteiger partial charge in [-0.1, -0.05) is 24.4 Å². The fourth-order valence-electron chi connectivity index (χ4n) is 2.12. The number of halogens is 3. The van der Waals surface area contributed by atoms with Gasteiger partial charge in [0.15, 0.2) is 5.78 Å². The van der Waals surface area contributed by atoms with Gasteiger partial charge in [0, 0.05) is 5.92 Å². The third-order valence-electron chi connectivity index (χ3n) is 3.00. The van der Waals surface area contributed by atoms with Gasteiger partial charge in [-0.05, 0) is 25.0 Å². The maximum Gasteiger partial charge on any atom is 0.168 e. The van der Waals surface area contributed by atoms with Crippen molar-refractivity contribution in [3.8, 4) is 0 Å². The normalized spacial score (nSPS) is 16.7. The van der Waals surface area contributed by atoms with Crippen molar-refractivity contribution in [1.29, 1.82) is 0 Å². The maximum atomic E-state index is 13.5. The van der Waals surface area contributed by atoms with E-state index in [4.69, 9.17) is 11.6 Å². The van der Waals surface area contributed by atoms with E-state index in [9.17, 15) is 13.6 Å². The van der Waals surface area contributed by atoms with E-state index in [1.54, 1.807) is 0 Å². The molecule has 4 heteroatoms. The number of rotatable bonds is 2. The highest BCUT2D eigenvalue weighted by molar-refractivity contribution is 6.30. The van der Waals surface area contributed by atoms with E-state index >= 15 is 0 Å². The van der Waals surface area contributed by atoms with Crippen molar-refractivity contribution in [2.75, 3.05) is 0 Å². The number of carbonyl (C=O) groups is 1. The molecule has 0 atom stereocenters. The summed E-state index contributed by atoms with van der Waals surface area (Å²) >= 11 is 5.42. The Kier molecular flexibility index (Phi) is 3.24. The molecule has 1 fully saturated rings. The summed E-state index contributed by atoms with van der Waals surface area (Å²) in [6.07, 6.45) is 3.49. The van der Waals surface area contributed by atoms with E-state index in [-0.39, 0.29) is 22.3 Å². The molecule has 1 aromatic rings. The zero-order valence-corrected chi connectivity index (χ0v) is 9.36. The first-order valence-corrected chi connectivity index (χ1v) is 5.66. The minimum absolute atomic E-state index is 0.157. The number of benzene rings is 1. The van der Waals surface area contributed by atoms with Crippen molar-refractivity contribution in [1.82, 2.24) is 0 Å². The van der Waals surface area contributed by atoms with Crippen LogP contribution in [-0.4, -0.2) is 5.78 Å². The van der Waals surface area contributed by atoms with Crippen LogP contribution in [0.15, 0.2) is 12.1 Å². The van der Waals surface area contributed by atoms with Crippen molar-refractivity contribution in [3.05, 3.63) is 34.4 Å². The van der Waals surface area contributed by atoms with E-state index < -0.39 is 11.6 Å². The highest BCUT2D eigenvalue weighted by atomic mass is 35.5. The third-order valence-corrected chi connectivity index (χ3v) is 3.29. The number of hydrogen-bond donors (Lipinski definition) is 0. The largest absolute Gasteiger partial charge is 0.294 e. The fraction of sp³-hybridized carbons (Fsp3) is 0.417. The summed E-state index contributed by atoms with van der Waals surface area (Å²) in [5.41, 5.74) is -0.172. The molecular formula is C12H11ClF2O. The number of Topliss-reactive ketones (excluding diaryl/α,β-unsaturated/α-hetero) is 1. The Morgan fingerprint density at radius 3 is 2.44 bits per heavy atom. The molecule has 0 amide bonds. The van der Waals surface area contributed by atoms with Crippen LogP contribution in [0.4, 0.5) is 8.78 Å². The molecule has 1 aromatic carbocycles. The molecule has 16 heavy (non-hydrogen) atoms. The topological polar surface area (TPSA) is 17.1 Å². The van der Waals surface area contributed by atoms with Crippen LogP contribution in [0.25, 0.3) is 0 Å². The molecule has 1 aliphatic rings. The quantitative estimate of drug-likeness (QED) is 0.568. The molecule has 1 aliphatic carbocycles. The van der Waals surface area contributed by atoms with Gasteiger partial charge in [0.2, 0.25) is 0 Å². The second-order valence-corrected chi connectivity index (χ2v) is 4.50. The van der Waals surface area contributed by atoms with Crippen LogP contribution in [0.1, 0.15) is 36.0 Å². The van der Waals surface area contributed by atoms with Crippen LogP contribution in [0.2, 0.25) is 5.02 Å². The lowest BCUT2D eigenvalue weighted by Crippen LogP contribution is -2.13. The Bertz CT molecular complexity index is 425. The Balaban J connectivity index is 2.32. The zero-order chi connectivity index (χ0) is 11.7. The molecule has 0 aromatic heterocycles. The summed E-state index contributed by atoms with van der Waals surface area (Å²) in [7, 11) is 0. The van der Waals surface area contributed by atoms with Gasteiger partial charge < -0.3 is 0 Å². The van der Waals surface area contributed by atoms with Gasteiger partial charge in [-0.25, -0.2) is 8.78 Å². The summed E-state index contributed by atoms with van der Waals surface area (Å²) in [5.74, 6) is -1.94. The lowest BCUT2D eigenvalue weighted by atomic mass is 9.96. The molecule has 0 aliphatic heterocycles. The van der Waals surface area contributed by atoms with Gasteiger partial charge in [-0.15, -0.1) is 0 Å². The first-order chi connectivity index (χ1) is 7.59. The highest BCUT2D eigenvalue weighted by Crippen LogP contribution is 2.30. The third kappa shape index (κ3) is 2.09. The summed E-state index contributed by atoms with van der Waals surface area (Å²) in [6.45, 7) is 0.